The molecular formula is C10H13NO2. The van der Waals surface area contributed by atoms with Crippen molar-refractivity contribution in [2.24, 2.45) is 0 Å². The number of hydrogen-bond acceptors (Lipinski definition) is 3. The largest absolute Gasteiger partial charge is 0.483 e. The Morgan fingerprint density at radius 3 is 2.85 bits per heavy atom. The average Bonchev–Trinajstić information content (AvgIpc) is 2.04. The molecule has 13 heavy (non-hydrogen) atoms. The minimum Gasteiger partial charge on any atom is -0.483 e. The summed E-state index contributed by atoms with van der Waals surface area (Å²) in [6.45, 7) is 3.32. The van der Waals surface area contributed by atoms with Crippen molar-refractivity contribution in [3.8, 4) is 5.75 Å². The van der Waals surface area contributed by atoms with Gasteiger partial charge in [0.25, 0.3) is 0 Å². The zero-order valence-corrected chi connectivity index (χ0v) is 7.62. The number of rotatable bonds is 2. The van der Waals surface area contributed by atoms with E-state index in [1.54, 1.807) is 0 Å². The summed E-state index contributed by atoms with van der Waals surface area (Å²) in [4.78, 5) is 0. The SMILES string of the molecule is Cc1cccc(OC2COC2)c1N. The maximum Gasteiger partial charge on any atom is 0.145 e. The number of benzene rings is 1. The van der Waals surface area contributed by atoms with Gasteiger partial charge in [0.05, 0.1) is 18.9 Å². The van der Waals surface area contributed by atoms with E-state index in [1.165, 1.54) is 0 Å². The predicted molar refractivity (Wildman–Crippen MR) is 50.8 cm³/mol. The monoisotopic (exact) mass is 179 g/mol. The summed E-state index contributed by atoms with van der Waals surface area (Å²) >= 11 is 0. The van der Waals surface area contributed by atoms with Crippen LogP contribution in [0.2, 0.25) is 0 Å². The van der Waals surface area contributed by atoms with Gasteiger partial charge in [-0.3, -0.25) is 0 Å². The van der Waals surface area contributed by atoms with E-state index >= 15 is 0 Å². The summed E-state index contributed by atoms with van der Waals surface area (Å²) in [7, 11) is 0. The second kappa shape index (κ2) is 3.26. The number of para-hydroxylation sites is 1. The van der Waals surface area contributed by atoms with E-state index in [2.05, 4.69) is 0 Å². The van der Waals surface area contributed by atoms with E-state index in [9.17, 15) is 0 Å². The summed E-state index contributed by atoms with van der Waals surface area (Å²) in [6, 6.07) is 5.81. The number of anilines is 1. The van der Waals surface area contributed by atoms with Crippen LogP contribution in [0.4, 0.5) is 5.69 Å². The highest BCUT2D eigenvalue weighted by molar-refractivity contribution is 5.57. The van der Waals surface area contributed by atoms with Gasteiger partial charge in [-0.1, -0.05) is 12.1 Å². The van der Waals surface area contributed by atoms with Gasteiger partial charge in [0.15, 0.2) is 0 Å². The van der Waals surface area contributed by atoms with Gasteiger partial charge in [0, 0.05) is 0 Å². The lowest BCUT2D eigenvalue weighted by atomic mass is 10.2. The summed E-state index contributed by atoms with van der Waals surface area (Å²) in [5.74, 6) is 0.772. The van der Waals surface area contributed by atoms with Crippen LogP contribution < -0.4 is 10.5 Å². The molecule has 0 aliphatic carbocycles. The summed E-state index contributed by atoms with van der Waals surface area (Å²) in [5, 5.41) is 0. The number of nitrogens with two attached hydrogens (primary N) is 1. The van der Waals surface area contributed by atoms with Crippen LogP contribution >= 0.6 is 0 Å². The van der Waals surface area contributed by atoms with Gasteiger partial charge < -0.3 is 15.2 Å². The lowest BCUT2D eigenvalue weighted by Gasteiger charge is -2.27. The van der Waals surface area contributed by atoms with Crippen molar-refractivity contribution in [3.05, 3.63) is 23.8 Å². The zero-order chi connectivity index (χ0) is 9.26. The molecule has 1 fully saturated rings. The fourth-order valence-corrected chi connectivity index (χ4v) is 1.22. The third-order valence-corrected chi connectivity index (χ3v) is 2.19. The van der Waals surface area contributed by atoms with Crippen LogP contribution in [0.5, 0.6) is 5.75 Å². The van der Waals surface area contributed by atoms with Crippen molar-refractivity contribution in [2.45, 2.75) is 13.0 Å². The smallest absolute Gasteiger partial charge is 0.145 e. The Morgan fingerprint density at radius 1 is 1.46 bits per heavy atom. The Labute approximate surface area is 77.5 Å². The predicted octanol–water partition coefficient (Wildman–Crippen LogP) is 1.35. The second-order valence-corrected chi connectivity index (χ2v) is 3.26. The molecular weight excluding hydrogens is 166 g/mol. The summed E-state index contributed by atoms with van der Waals surface area (Å²) < 4.78 is 10.6. The summed E-state index contributed by atoms with van der Waals surface area (Å²) in [5.41, 5.74) is 7.63. The Hall–Kier alpha value is -1.22. The second-order valence-electron chi connectivity index (χ2n) is 3.26. The molecule has 0 unspecified atom stereocenters. The fraction of sp³-hybridized carbons (Fsp3) is 0.400. The molecule has 1 aromatic carbocycles. The molecule has 3 heteroatoms. The van der Waals surface area contributed by atoms with E-state index < -0.39 is 0 Å². The number of nitrogen functional groups attached to an aromatic ring is 1. The molecule has 0 atom stereocenters. The van der Waals surface area contributed by atoms with Crippen LogP contribution in [0.25, 0.3) is 0 Å². The van der Waals surface area contributed by atoms with Crippen LogP contribution in [0.3, 0.4) is 0 Å². The van der Waals surface area contributed by atoms with E-state index in [-0.39, 0.29) is 6.10 Å². The molecule has 70 valence electrons. The first-order valence-corrected chi connectivity index (χ1v) is 4.37. The molecule has 1 heterocycles. The quantitative estimate of drug-likeness (QED) is 0.697. The maximum atomic E-state index is 5.84. The Balaban J connectivity index is 2.14. The Kier molecular flexibility index (Phi) is 2.10. The van der Waals surface area contributed by atoms with Crippen molar-refractivity contribution in [1.29, 1.82) is 0 Å². The molecule has 0 amide bonds. The highest BCUT2D eigenvalue weighted by Gasteiger charge is 2.20. The zero-order valence-electron chi connectivity index (χ0n) is 7.62. The highest BCUT2D eigenvalue weighted by Crippen LogP contribution is 2.26. The van der Waals surface area contributed by atoms with Crippen LogP contribution in [0.1, 0.15) is 5.56 Å². The molecule has 2 N–H and O–H groups in total. The minimum absolute atomic E-state index is 0.184. The van der Waals surface area contributed by atoms with Gasteiger partial charge in [-0.05, 0) is 18.6 Å². The minimum atomic E-state index is 0.184. The van der Waals surface area contributed by atoms with Gasteiger partial charge in [-0.2, -0.15) is 0 Å². The van der Waals surface area contributed by atoms with Crippen LogP contribution in [0.15, 0.2) is 18.2 Å². The molecule has 1 aromatic rings. The molecule has 0 bridgehead atoms. The van der Waals surface area contributed by atoms with Gasteiger partial charge in [0.1, 0.15) is 11.9 Å². The molecule has 3 nitrogen and oxygen atoms in total. The molecule has 0 radical (unpaired) electrons. The first-order chi connectivity index (χ1) is 6.27. The Morgan fingerprint density at radius 2 is 2.23 bits per heavy atom. The van der Waals surface area contributed by atoms with Crippen LogP contribution in [0, 0.1) is 6.92 Å². The van der Waals surface area contributed by atoms with Crippen molar-refractivity contribution < 1.29 is 9.47 Å². The van der Waals surface area contributed by atoms with Crippen LogP contribution in [-0.2, 0) is 4.74 Å². The van der Waals surface area contributed by atoms with Gasteiger partial charge >= 0.3 is 0 Å². The first kappa shape index (κ1) is 8.38. The van der Waals surface area contributed by atoms with E-state index in [1.807, 2.05) is 25.1 Å². The highest BCUT2D eigenvalue weighted by atomic mass is 16.6. The Bertz CT molecular complexity index is 308. The van der Waals surface area contributed by atoms with Crippen LogP contribution in [-0.4, -0.2) is 19.3 Å². The molecule has 0 saturated carbocycles. The molecule has 2 rings (SSSR count). The first-order valence-electron chi connectivity index (χ1n) is 4.37. The lowest BCUT2D eigenvalue weighted by Crippen LogP contribution is -2.38. The van der Waals surface area contributed by atoms with Gasteiger partial charge in [-0.25, -0.2) is 0 Å². The topological polar surface area (TPSA) is 44.5 Å². The summed E-state index contributed by atoms with van der Waals surface area (Å²) in [6.07, 6.45) is 0.184. The number of ether oxygens (including phenoxy) is 2. The molecule has 0 spiro atoms. The molecule has 1 aliphatic rings. The third kappa shape index (κ3) is 1.60. The van der Waals surface area contributed by atoms with Crippen molar-refractivity contribution in [3.63, 3.8) is 0 Å². The number of aryl methyl sites for hydroxylation is 1. The molecule has 0 aromatic heterocycles. The van der Waals surface area contributed by atoms with Crippen molar-refractivity contribution in [1.82, 2.24) is 0 Å². The van der Waals surface area contributed by atoms with Gasteiger partial charge in [-0.15, -0.1) is 0 Å². The normalized spacial score (nSPS) is 16.7. The standard InChI is InChI=1S/C10H13NO2/c1-7-3-2-4-9(10(7)11)13-8-5-12-6-8/h2-4,8H,5-6,11H2,1H3. The average molecular weight is 179 g/mol. The fourth-order valence-electron chi connectivity index (χ4n) is 1.22. The molecule has 1 saturated heterocycles. The van der Waals surface area contributed by atoms with Gasteiger partial charge in [0.2, 0.25) is 0 Å². The lowest BCUT2D eigenvalue weighted by molar-refractivity contribution is -0.0793. The van der Waals surface area contributed by atoms with Crippen molar-refractivity contribution >= 4 is 5.69 Å². The maximum absolute atomic E-state index is 5.84. The third-order valence-electron chi connectivity index (χ3n) is 2.19. The van der Waals surface area contributed by atoms with E-state index in [4.69, 9.17) is 15.2 Å². The van der Waals surface area contributed by atoms with E-state index in [0.29, 0.717) is 13.2 Å². The molecule has 1 aliphatic heterocycles. The van der Waals surface area contributed by atoms with Crippen molar-refractivity contribution in [2.75, 3.05) is 18.9 Å². The van der Waals surface area contributed by atoms with E-state index in [0.717, 1.165) is 17.0 Å². The number of hydrogen-bond donors (Lipinski definition) is 1.